The molecule has 0 aromatic heterocycles. The Balaban J connectivity index is 1.80. The monoisotopic (exact) mass is 297 g/mol. The summed E-state index contributed by atoms with van der Waals surface area (Å²) in [4.78, 5) is 4.66. The number of benzene rings is 1. The van der Waals surface area contributed by atoms with Crippen molar-refractivity contribution >= 4 is 0 Å². The number of hydrogen-bond donors (Lipinski definition) is 1. The molecule has 5 heteroatoms. The molecule has 1 fully saturated rings. The van der Waals surface area contributed by atoms with Crippen LogP contribution in [-0.4, -0.2) is 49.6 Å². The molecule has 0 saturated carbocycles. The van der Waals surface area contributed by atoms with Crippen molar-refractivity contribution in [3.05, 3.63) is 35.4 Å². The fourth-order valence-electron chi connectivity index (χ4n) is 2.94. The second kappa shape index (κ2) is 7.29. The Morgan fingerprint density at radius 1 is 1.19 bits per heavy atom. The average Bonchev–Trinajstić information content (AvgIpc) is 2.44. The smallest absolute Gasteiger partial charge is 0.126 e. The lowest BCUT2D eigenvalue weighted by atomic mass is 10.0. The van der Waals surface area contributed by atoms with E-state index in [9.17, 15) is 8.78 Å². The van der Waals surface area contributed by atoms with Crippen molar-refractivity contribution in [1.82, 2.24) is 9.80 Å². The van der Waals surface area contributed by atoms with Gasteiger partial charge in [-0.05, 0) is 70.7 Å². The highest BCUT2D eigenvalue weighted by atomic mass is 19.1. The van der Waals surface area contributed by atoms with Gasteiger partial charge < -0.3 is 15.5 Å². The highest BCUT2D eigenvalue weighted by Crippen LogP contribution is 2.19. The minimum absolute atomic E-state index is 0.318. The topological polar surface area (TPSA) is 32.5 Å². The lowest BCUT2D eigenvalue weighted by molar-refractivity contribution is 0.142. The zero-order valence-corrected chi connectivity index (χ0v) is 12.9. The lowest BCUT2D eigenvalue weighted by Gasteiger charge is -2.35. The second-order valence-corrected chi connectivity index (χ2v) is 6.13. The van der Waals surface area contributed by atoms with Crippen LogP contribution >= 0.6 is 0 Å². The quantitative estimate of drug-likeness (QED) is 0.906. The van der Waals surface area contributed by atoms with Gasteiger partial charge in [0.15, 0.2) is 0 Å². The van der Waals surface area contributed by atoms with Crippen LogP contribution in [0.2, 0.25) is 0 Å². The molecule has 1 aromatic carbocycles. The van der Waals surface area contributed by atoms with E-state index in [1.807, 2.05) is 0 Å². The highest BCUT2D eigenvalue weighted by Gasteiger charge is 2.21. The van der Waals surface area contributed by atoms with Crippen LogP contribution in [0.15, 0.2) is 18.2 Å². The van der Waals surface area contributed by atoms with E-state index in [0.29, 0.717) is 11.6 Å². The lowest BCUT2D eigenvalue weighted by Crippen LogP contribution is -2.42. The van der Waals surface area contributed by atoms with Crippen molar-refractivity contribution in [1.29, 1.82) is 0 Å². The first kappa shape index (κ1) is 16.3. The van der Waals surface area contributed by atoms with Gasteiger partial charge in [-0.3, -0.25) is 0 Å². The number of nitrogens with zero attached hydrogens (tertiary/aromatic N) is 2. The van der Waals surface area contributed by atoms with Gasteiger partial charge in [-0.15, -0.1) is 0 Å². The van der Waals surface area contributed by atoms with E-state index in [4.69, 9.17) is 5.73 Å². The van der Waals surface area contributed by atoms with Crippen LogP contribution < -0.4 is 5.73 Å². The summed E-state index contributed by atoms with van der Waals surface area (Å²) < 4.78 is 26.4. The van der Waals surface area contributed by atoms with Crippen LogP contribution in [0.3, 0.4) is 0 Å². The molecule has 2 N–H and O–H groups in total. The molecule has 3 nitrogen and oxygen atoms in total. The molecule has 2 rings (SSSR count). The van der Waals surface area contributed by atoms with Gasteiger partial charge in [0.1, 0.15) is 11.6 Å². The third-order valence-electron chi connectivity index (χ3n) is 4.36. The molecule has 1 aliphatic heterocycles. The number of likely N-dealkylation sites (tertiary alicyclic amines) is 1. The molecule has 1 unspecified atom stereocenters. The molecule has 0 bridgehead atoms. The number of nitrogens with two attached hydrogens (primary N) is 1. The summed E-state index contributed by atoms with van der Waals surface area (Å²) in [6.45, 7) is 3.00. The van der Waals surface area contributed by atoms with Crippen LogP contribution in [-0.2, 0) is 0 Å². The van der Waals surface area contributed by atoms with Crippen LogP contribution in [0, 0.1) is 11.6 Å². The average molecular weight is 297 g/mol. The van der Waals surface area contributed by atoms with Crippen molar-refractivity contribution in [2.75, 3.05) is 33.7 Å². The van der Waals surface area contributed by atoms with Crippen LogP contribution in [0.4, 0.5) is 8.78 Å². The minimum atomic E-state index is -0.563. The summed E-state index contributed by atoms with van der Waals surface area (Å²) in [5.41, 5.74) is 6.59. The first-order valence-electron chi connectivity index (χ1n) is 7.56. The van der Waals surface area contributed by atoms with E-state index in [1.54, 1.807) is 0 Å². The van der Waals surface area contributed by atoms with Crippen molar-refractivity contribution < 1.29 is 8.78 Å². The minimum Gasteiger partial charge on any atom is -0.324 e. The molecule has 1 aromatic rings. The molecular weight excluding hydrogens is 272 g/mol. The number of hydrogen-bond acceptors (Lipinski definition) is 3. The molecule has 21 heavy (non-hydrogen) atoms. The van der Waals surface area contributed by atoms with Crippen LogP contribution in [0.25, 0.3) is 0 Å². The fraction of sp³-hybridized carbons (Fsp3) is 0.625. The molecule has 0 aliphatic carbocycles. The van der Waals surface area contributed by atoms with E-state index in [1.165, 1.54) is 12.1 Å². The van der Waals surface area contributed by atoms with Crippen molar-refractivity contribution in [2.24, 2.45) is 5.73 Å². The largest absolute Gasteiger partial charge is 0.324 e. The van der Waals surface area contributed by atoms with Crippen molar-refractivity contribution in [3.8, 4) is 0 Å². The van der Waals surface area contributed by atoms with Gasteiger partial charge in [-0.2, -0.15) is 0 Å². The van der Waals surface area contributed by atoms with Gasteiger partial charge in [-0.1, -0.05) is 0 Å². The summed E-state index contributed by atoms with van der Waals surface area (Å²) >= 11 is 0. The van der Waals surface area contributed by atoms with Gasteiger partial charge in [0.2, 0.25) is 0 Å². The van der Waals surface area contributed by atoms with E-state index in [0.717, 1.165) is 45.0 Å². The third kappa shape index (κ3) is 4.73. The maximum absolute atomic E-state index is 13.2. The zero-order valence-electron chi connectivity index (χ0n) is 12.9. The van der Waals surface area contributed by atoms with E-state index < -0.39 is 11.6 Å². The Bertz CT molecular complexity index is 437. The number of rotatable bonds is 5. The third-order valence-corrected chi connectivity index (χ3v) is 4.36. The summed E-state index contributed by atoms with van der Waals surface area (Å²) in [5.74, 6) is -1.13. The van der Waals surface area contributed by atoms with Crippen molar-refractivity contribution in [3.63, 3.8) is 0 Å². The first-order chi connectivity index (χ1) is 9.95. The SMILES string of the molecule is CN(C)C1CCN(CCC(N)c2cc(F)cc(F)c2)CC1. The Kier molecular flexibility index (Phi) is 5.67. The summed E-state index contributed by atoms with van der Waals surface area (Å²) in [6, 6.07) is 3.87. The Morgan fingerprint density at radius 3 is 2.29 bits per heavy atom. The molecule has 1 atom stereocenters. The van der Waals surface area contributed by atoms with Gasteiger partial charge in [-0.25, -0.2) is 8.78 Å². The molecule has 0 spiro atoms. The predicted molar refractivity (Wildman–Crippen MR) is 81.1 cm³/mol. The van der Waals surface area contributed by atoms with Gasteiger partial charge in [0.25, 0.3) is 0 Å². The summed E-state index contributed by atoms with van der Waals surface area (Å²) in [5, 5.41) is 0. The Hall–Kier alpha value is -1.04. The summed E-state index contributed by atoms with van der Waals surface area (Å²) in [7, 11) is 4.24. The standard InChI is InChI=1S/C16H25F2N3/c1-20(2)15-3-6-21(7-4-15)8-5-16(19)12-9-13(17)11-14(18)10-12/h9-11,15-16H,3-8,19H2,1-2H3. The van der Waals surface area contributed by atoms with E-state index >= 15 is 0 Å². The Morgan fingerprint density at radius 2 is 1.76 bits per heavy atom. The highest BCUT2D eigenvalue weighted by molar-refractivity contribution is 5.21. The zero-order chi connectivity index (χ0) is 15.4. The van der Waals surface area contributed by atoms with E-state index in [2.05, 4.69) is 23.9 Å². The molecule has 0 radical (unpaired) electrons. The van der Waals surface area contributed by atoms with E-state index in [-0.39, 0.29) is 6.04 Å². The molecule has 118 valence electrons. The van der Waals surface area contributed by atoms with Gasteiger partial charge in [0, 0.05) is 18.2 Å². The molecule has 1 heterocycles. The van der Waals surface area contributed by atoms with Gasteiger partial charge >= 0.3 is 0 Å². The molecule has 1 saturated heterocycles. The Labute approximate surface area is 125 Å². The predicted octanol–water partition coefficient (Wildman–Crippen LogP) is 2.38. The molecule has 0 amide bonds. The normalized spacial score (nSPS) is 19.1. The fourth-order valence-corrected chi connectivity index (χ4v) is 2.94. The van der Waals surface area contributed by atoms with Crippen molar-refractivity contribution in [2.45, 2.75) is 31.3 Å². The number of piperidine rings is 1. The molecule has 1 aliphatic rings. The first-order valence-corrected chi connectivity index (χ1v) is 7.56. The van der Waals surface area contributed by atoms with Crippen LogP contribution in [0.1, 0.15) is 30.9 Å². The second-order valence-electron chi connectivity index (χ2n) is 6.13. The summed E-state index contributed by atoms with van der Waals surface area (Å²) in [6.07, 6.45) is 3.04. The van der Waals surface area contributed by atoms with Gasteiger partial charge in [0.05, 0.1) is 0 Å². The number of halogens is 2. The van der Waals surface area contributed by atoms with Crippen LogP contribution in [0.5, 0.6) is 0 Å². The maximum Gasteiger partial charge on any atom is 0.126 e. The molecular formula is C16H25F2N3. The maximum atomic E-state index is 13.2.